The zero-order chi connectivity index (χ0) is 16.8. The first-order chi connectivity index (χ1) is 11.0. The lowest BCUT2D eigenvalue weighted by atomic mass is 9.94. The van der Waals surface area contributed by atoms with Crippen molar-refractivity contribution >= 4 is 34.9 Å². The van der Waals surface area contributed by atoms with Crippen LogP contribution < -0.4 is 5.73 Å². The number of thioether (sulfide) groups is 1. The van der Waals surface area contributed by atoms with E-state index in [0.29, 0.717) is 11.8 Å². The van der Waals surface area contributed by atoms with Crippen molar-refractivity contribution < 1.29 is 9.59 Å². The third-order valence-electron chi connectivity index (χ3n) is 4.20. The largest absolute Gasteiger partial charge is 0.369 e. The predicted octanol–water partition coefficient (Wildman–Crippen LogP) is 2.75. The van der Waals surface area contributed by atoms with Crippen LogP contribution in [0, 0.1) is 6.92 Å². The summed E-state index contributed by atoms with van der Waals surface area (Å²) in [6.07, 6.45) is 6.22. The summed E-state index contributed by atoms with van der Waals surface area (Å²) in [5.74, 6) is 0.250. The van der Waals surface area contributed by atoms with Gasteiger partial charge in [-0.15, -0.1) is 11.3 Å². The Hall–Kier alpha value is -1.08. The third kappa shape index (κ3) is 5.21. The molecule has 1 aromatic rings. The lowest BCUT2D eigenvalue weighted by molar-refractivity contribution is -0.131. The van der Waals surface area contributed by atoms with Crippen molar-refractivity contribution in [2.24, 2.45) is 5.73 Å². The molecule has 23 heavy (non-hydrogen) atoms. The maximum atomic E-state index is 12.5. The summed E-state index contributed by atoms with van der Waals surface area (Å²) in [7, 11) is 0. The predicted molar refractivity (Wildman–Crippen MR) is 94.7 cm³/mol. The highest BCUT2D eigenvalue weighted by molar-refractivity contribution is 8.01. The molecule has 5 nitrogen and oxygen atoms in total. The first-order valence-corrected chi connectivity index (χ1v) is 9.98. The molecular weight excluding hydrogens is 330 g/mol. The molecule has 2 amide bonds. The molecule has 1 saturated carbocycles. The van der Waals surface area contributed by atoms with E-state index in [1.165, 1.54) is 42.4 Å². The lowest BCUT2D eigenvalue weighted by Crippen LogP contribution is -2.42. The van der Waals surface area contributed by atoms with Crippen molar-refractivity contribution in [3.05, 3.63) is 10.6 Å². The van der Waals surface area contributed by atoms with E-state index in [9.17, 15) is 9.59 Å². The molecule has 1 fully saturated rings. The quantitative estimate of drug-likeness (QED) is 0.763. The van der Waals surface area contributed by atoms with Crippen LogP contribution in [0.3, 0.4) is 0 Å². The van der Waals surface area contributed by atoms with Crippen molar-refractivity contribution in [3.8, 4) is 0 Å². The molecular formula is C16H25N3O2S2. The van der Waals surface area contributed by atoms with Gasteiger partial charge < -0.3 is 10.6 Å². The van der Waals surface area contributed by atoms with Gasteiger partial charge in [0.25, 0.3) is 0 Å². The summed E-state index contributed by atoms with van der Waals surface area (Å²) in [6.45, 7) is 4.70. The Morgan fingerprint density at radius 2 is 2.04 bits per heavy atom. The van der Waals surface area contributed by atoms with Crippen LogP contribution in [-0.2, 0) is 16.0 Å². The number of aryl methyl sites for hydroxylation is 1. The average Bonchev–Trinajstić information content (AvgIpc) is 2.86. The minimum atomic E-state index is -0.348. The first kappa shape index (κ1) is 18.3. The highest BCUT2D eigenvalue weighted by Crippen LogP contribution is 2.29. The Bertz CT molecular complexity index is 554. The van der Waals surface area contributed by atoms with Gasteiger partial charge in [0.15, 0.2) is 4.34 Å². The Kier molecular flexibility index (Phi) is 6.89. The number of amides is 2. The second-order valence-electron chi connectivity index (χ2n) is 5.89. The fourth-order valence-electron chi connectivity index (χ4n) is 3.02. The van der Waals surface area contributed by atoms with Gasteiger partial charge in [-0.25, -0.2) is 4.98 Å². The maximum Gasteiger partial charge on any atom is 0.233 e. The van der Waals surface area contributed by atoms with Gasteiger partial charge in [-0.05, 0) is 26.7 Å². The third-order valence-corrected chi connectivity index (χ3v) is 6.49. The zero-order valence-corrected chi connectivity index (χ0v) is 15.5. The van der Waals surface area contributed by atoms with Crippen LogP contribution in [0.2, 0.25) is 0 Å². The number of thiazole rings is 1. The molecule has 2 N–H and O–H groups in total. The SMILES string of the molecule is CCN(C(=O)CSc1nc(C)c(CC(N)=O)s1)C1CCCCC1. The molecule has 2 rings (SSSR count). The average molecular weight is 356 g/mol. The number of carbonyl (C=O) groups is 2. The molecule has 0 spiro atoms. The van der Waals surface area contributed by atoms with Crippen molar-refractivity contribution in [1.29, 1.82) is 0 Å². The summed E-state index contributed by atoms with van der Waals surface area (Å²) in [4.78, 5) is 30.9. The second kappa shape index (κ2) is 8.68. The van der Waals surface area contributed by atoms with Crippen molar-refractivity contribution in [2.75, 3.05) is 12.3 Å². The monoisotopic (exact) mass is 355 g/mol. The minimum Gasteiger partial charge on any atom is -0.369 e. The van der Waals surface area contributed by atoms with Crippen LogP contribution in [0.15, 0.2) is 4.34 Å². The molecule has 1 heterocycles. The number of primary amides is 1. The van der Waals surface area contributed by atoms with Crippen molar-refractivity contribution in [2.45, 2.75) is 62.8 Å². The highest BCUT2D eigenvalue weighted by Gasteiger charge is 2.24. The Morgan fingerprint density at radius 3 is 2.65 bits per heavy atom. The summed E-state index contributed by atoms with van der Waals surface area (Å²) in [6, 6.07) is 0.408. The van der Waals surface area contributed by atoms with Gasteiger partial charge in [0.1, 0.15) is 0 Å². The molecule has 0 bridgehead atoms. The normalized spacial score (nSPS) is 15.6. The molecule has 1 aliphatic rings. The Labute approximate surface area is 146 Å². The van der Waals surface area contributed by atoms with Gasteiger partial charge in [-0.1, -0.05) is 31.0 Å². The fourth-order valence-corrected chi connectivity index (χ4v) is 5.15. The molecule has 0 radical (unpaired) electrons. The number of nitrogens with two attached hydrogens (primary N) is 1. The molecule has 7 heteroatoms. The van der Waals surface area contributed by atoms with E-state index in [4.69, 9.17) is 5.73 Å². The van der Waals surface area contributed by atoms with E-state index in [0.717, 1.165) is 34.3 Å². The van der Waals surface area contributed by atoms with Gasteiger partial charge >= 0.3 is 0 Å². The molecule has 1 aromatic heterocycles. The number of carbonyl (C=O) groups excluding carboxylic acids is 2. The van der Waals surface area contributed by atoms with Crippen LogP contribution >= 0.6 is 23.1 Å². The molecule has 0 saturated heterocycles. The van der Waals surface area contributed by atoms with E-state index in [1.807, 2.05) is 11.8 Å². The maximum absolute atomic E-state index is 12.5. The highest BCUT2D eigenvalue weighted by atomic mass is 32.2. The van der Waals surface area contributed by atoms with E-state index in [-0.39, 0.29) is 18.2 Å². The van der Waals surface area contributed by atoms with Crippen LogP contribution in [-0.4, -0.2) is 40.0 Å². The van der Waals surface area contributed by atoms with E-state index in [1.54, 1.807) is 0 Å². The summed E-state index contributed by atoms with van der Waals surface area (Å²) in [5.41, 5.74) is 6.07. The number of rotatable bonds is 7. The molecule has 0 unspecified atom stereocenters. The number of hydrogen-bond acceptors (Lipinski definition) is 5. The van der Waals surface area contributed by atoms with Crippen LogP contribution in [0.1, 0.15) is 49.6 Å². The zero-order valence-electron chi connectivity index (χ0n) is 13.8. The molecule has 1 aliphatic carbocycles. The van der Waals surface area contributed by atoms with Crippen LogP contribution in [0.4, 0.5) is 0 Å². The lowest BCUT2D eigenvalue weighted by Gasteiger charge is -2.33. The Balaban J connectivity index is 1.91. The fraction of sp³-hybridized carbons (Fsp3) is 0.688. The van der Waals surface area contributed by atoms with E-state index >= 15 is 0 Å². The van der Waals surface area contributed by atoms with Gasteiger partial charge in [0.05, 0.1) is 17.9 Å². The Morgan fingerprint density at radius 1 is 1.35 bits per heavy atom. The standard InChI is InChI=1S/C16H25N3O2S2/c1-3-19(12-7-5-4-6-8-12)15(21)10-22-16-18-11(2)13(23-16)9-14(17)20/h12H,3-10H2,1-2H3,(H2,17,20). The molecule has 128 valence electrons. The first-order valence-electron chi connectivity index (χ1n) is 8.18. The van der Waals surface area contributed by atoms with Crippen LogP contribution in [0.25, 0.3) is 0 Å². The summed E-state index contributed by atoms with van der Waals surface area (Å²) in [5, 5.41) is 0. The van der Waals surface area contributed by atoms with E-state index < -0.39 is 0 Å². The van der Waals surface area contributed by atoms with Gasteiger partial charge in [-0.3, -0.25) is 9.59 Å². The smallest absolute Gasteiger partial charge is 0.233 e. The minimum absolute atomic E-state index is 0.189. The van der Waals surface area contributed by atoms with Crippen molar-refractivity contribution in [3.63, 3.8) is 0 Å². The van der Waals surface area contributed by atoms with Gasteiger partial charge in [-0.2, -0.15) is 0 Å². The topological polar surface area (TPSA) is 76.3 Å². The van der Waals surface area contributed by atoms with E-state index in [2.05, 4.69) is 11.9 Å². The molecule has 0 atom stereocenters. The number of nitrogens with zero attached hydrogens (tertiary/aromatic N) is 2. The molecule has 0 aliphatic heterocycles. The number of aromatic nitrogens is 1. The van der Waals surface area contributed by atoms with Gasteiger partial charge in [0.2, 0.25) is 11.8 Å². The van der Waals surface area contributed by atoms with Crippen molar-refractivity contribution in [1.82, 2.24) is 9.88 Å². The van der Waals surface area contributed by atoms with Gasteiger partial charge in [0, 0.05) is 17.5 Å². The summed E-state index contributed by atoms with van der Waals surface area (Å²) < 4.78 is 0.840. The summed E-state index contributed by atoms with van der Waals surface area (Å²) >= 11 is 2.93. The van der Waals surface area contributed by atoms with Crippen LogP contribution in [0.5, 0.6) is 0 Å². The molecule has 0 aromatic carbocycles. The second-order valence-corrected chi connectivity index (χ2v) is 8.20. The number of hydrogen-bond donors (Lipinski definition) is 1.